The van der Waals surface area contributed by atoms with E-state index < -0.39 is 0 Å². The van der Waals surface area contributed by atoms with E-state index in [1.807, 2.05) is 0 Å². The third-order valence-electron chi connectivity index (χ3n) is 3.15. The maximum atomic E-state index is 3.46. The molecular weight excluding hydrogens is 136 g/mol. The molecule has 0 aromatic carbocycles. The molecule has 2 unspecified atom stereocenters. The molecule has 2 rings (SSSR count). The van der Waals surface area contributed by atoms with Crippen molar-refractivity contribution in [3.8, 4) is 0 Å². The third kappa shape index (κ3) is 1.42. The van der Waals surface area contributed by atoms with Gasteiger partial charge in [0, 0.05) is 32.2 Å². The first-order valence-electron chi connectivity index (χ1n) is 4.85. The lowest BCUT2D eigenvalue weighted by Gasteiger charge is -2.29. The highest BCUT2D eigenvalue weighted by Gasteiger charge is 2.31. The minimum Gasteiger partial charge on any atom is -0.314 e. The van der Waals surface area contributed by atoms with E-state index in [0.29, 0.717) is 0 Å². The van der Waals surface area contributed by atoms with Crippen LogP contribution in [0.2, 0.25) is 0 Å². The second kappa shape index (κ2) is 3.11. The summed E-state index contributed by atoms with van der Waals surface area (Å²) in [6.45, 7) is 7.39. The van der Waals surface area contributed by atoms with Crippen LogP contribution in [-0.2, 0) is 0 Å². The Morgan fingerprint density at radius 3 is 3.18 bits per heavy atom. The van der Waals surface area contributed by atoms with E-state index in [4.69, 9.17) is 0 Å². The number of nitrogens with one attached hydrogen (secondary N) is 1. The molecule has 2 heteroatoms. The topological polar surface area (TPSA) is 15.3 Å². The Balaban J connectivity index is 1.92. The zero-order chi connectivity index (χ0) is 7.68. The minimum absolute atomic E-state index is 0.869. The number of hydrogen-bond acceptors (Lipinski definition) is 2. The van der Waals surface area contributed by atoms with Crippen LogP contribution in [0, 0.1) is 5.92 Å². The highest BCUT2D eigenvalue weighted by Crippen LogP contribution is 2.25. The highest BCUT2D eigenvalue weighted by molar-refractivity contribution is 4.88. The number of fused-ring (bicyclic) bond motifs is 1. The Labute approximate surface area is 69.0 Å². The molecule has 2 aliphatic heterocycles. The van der Waals surface area contributed by atoms with E-state index in [1.54, 1.807) is 0 Å². The lowest BCUT2D eigenvalue weighted by atomic mass is 10.0. The molecule has 0 bridgehead atoms. The van der Waals surface area contributed by atoms with Crippen molar-refractivity contribution in [2.24, 2.45) is 5.92 Å². The molecule has 2 atom stereocenters. The first-order chi connectivity index (χ1) is 5.40. The van der Waals surface area contributed by atoms with Crippen LogP contribution in [0.15, 0.2) is 0 Å². The smallest absolute Gasteiger partial charge is 0.0224 e. The second-order valence-corrected chi connectivity index (χ2v) is 3.86. The Bertz CT molecular complexity index is 122. The molecule has 0 amide bonds. The average molecular weight is 154 g/mol. The molecule has 0 aromatic heterocycles. The van der Waals surface area contributed by atoms with Crippen LogP contribution in [-0.4, -0.2) is 37.1 Å². The predicted molar refractivity (Wildman–Crippen MR) is 46.6 cm³/mol. The standard InChI is InChI=1S/C9H18N2/c1-2-8-5-9-6-10-3-4-11(9)7-8/h8-10H,2-7H2,1H3. The summed E-state index contributed by atoms with van der Waals surface area (Å²) in [5.74, 6) is 0.986. The average Bonchev–Trinajstić information content (AvgIpc) is 2.46. The summed E-state index contributed by atoms with van der Waals surface area (Å²) < 4.78 is 0. The SMILES string of the molecule is CCC1CC2CNCCN2C1. The van der Waals surface area contributed by atoms with Crippen LogP contribution in [0.5, 0.6) is 0 Å². The molecule has 2 nitrogen and oxygen atoms in total. The molecule has 1 N–H and O–H groups in total. The summed E-state index contributed by atoms with van der Waals surface area (Å²) in [6, 6.07) is 0.869. The summed E-state index contributed by atoms with van der Waals surface area (Å²) in [5.41, 5.74) is 0. The molecule has 0 aliphatic carbocycles. The fourth-order valence-electron chi connectivity index (χ4n) is 2.36. The highest BCUT2D eigenvalue weighted by atomic mass is 15.2. The van der Waals surface area contributed by atoms with Crippen LogP contribution in [0.4, 0.5) is 0 Å². The Kier molecular flexibility index (Phi) is 2.14. The van der Waals surface area contributed by atoms with Gasteiger partial charge in [-0.05, 0) is 12.3 Å². The zero-order valence-corrected chi connectivity index (χ0v) is 7.34. The van der Waals surface area contributed by atoms with Gasteiger partial charge in [-0.1, -0.05) is 13.3 Å². The van der Waals surface area contributed by atoms with E-state index >= 15 is 0 Å². The molecule has 2 saturated heterocycles. The quantitative estimate of drug-likeness (QED) is 0.598. The molecule has 2 fully saturated rings. The molecule has 0 saturated carbocycles. The van der Waals surface area contributed by atoms with E-state index in [1.165, 1.54) is 39.0 Å². The van der Waals surface area contributed by atoms with E-state index in [0.717, 1.165) is 12.0 Å². The number of nitrogens with zero attached hydrogens (tertiary/aromatic N) is 1. The molecule has 0 radical (unpaired) electrons. The van der Waals surface area contributed by atoms with Crippen molar-refractivity contribution < 1.29 is 0 Å². The fourth-order valence-corrected chi connectivity index (χ4v) is 2.36. The van der Waals surface area contributed by atoms with Gasteiger partial charge in [-0.25, -0.2) is 0 Å². The van der Waals surface area contributed by atoms with Gasteiger partial charge in [-0.2, -0.15) is 0 Å². The summed E-state index contributed by atoms with van der Waals surface area (Å²) in [5, 5.41) is 3.46. The van der Waals surface area contributed by atoms with E-state index in [2.05, 4.69) is 17.1 Å². The van der Waals surface area contributed by atoms with E-state index in [-0.39, 0.29) is 0 Å². The van der Waals surface area contributed by atoms with Gasteiger partial charge in [0.05, 0.1) is 0 Å². The minimum atomic E-state index is 0.869. The van der Waals surface area contributed by atoms with Crippen molar-refractivity contribution in [3.63, 3.8) is 0 Å². The monoisotopic (exact) mass is 154 g/mol. The summed E-state index contributed by atoms with van der Waals surface area (Å²) in [4.78, 5) is 2.66. The molecule has 0 spiro atoms. The lowest BCUT2D eigenvalue weighted by molar-refractivity contribution is 0.210. The molecule has 0 aromatic rings. The summed E-state index contributed by atoms with van der Waals surface area (Å²) >= 11 is 0. The van der Waals surface area contributed by atoms with Crippen LogP contribution in [0.3, 0.4) is 0 Å². The molecule has 64 valence electrons. The molecule has 2 heterocycles. The molecule has 2 aliphatic rings. The number of rotatable bonds is 1. The van der Waals surface area contributed by atoms with Crippen molar-refractivity contribution in [3.05, 3.63) is 0 Å². The van der Waals surface area contributed by atoms with Gasteiger partial charge in [0.1, 0.15) is 0 Å². The van der Waals surface area contributed by atoms with Crippen LogP contribution < -0.4 is 5.32 Å². The van der Waals surface area contributed by atoms with Crippen molar-refractivity contribution in [1.29, 1.82) is 0 Å². The van der Waals surface area contributed by atoms with Gasteiger partial charge < -0.3 is 5.32 Å². The van der Waals surface area contributed by atoms with Gasteiger partial charge in [0.15, 0.2) is 0 Å². The van der Waals surface area contributed by atoms with Gasteiger partial charge in [-0.15, -0.1) is 0 Å². The van der Waals surface area contributed by atoms with Crippen molar-refractivity contribution in [2.75, 3.05) is 26.2 Å². The summed E-state index contributed by atoms with van der Waals surface area (Å²) in [6.07, 6.45) is 2.80. The maximum absolute atomic E-state index is 3.46. The Hall–Kier alpha value is -0.0800. The third-order valence-corrected chi connectivity index (χ3v) is 3.15. The number of hydrogen-bond donors (Lipinski definition) is 1. The first kappa shape index (κ1) is 7.56. The summed E-state index contributed by atoms with van der Waals surface area (Å²) in [7, 11) is 0. The predicted octanol–water partition coefficient (Wildman–Crippen LogP) is 0.690. The fraction of sp³-hybridized carbons (Fsp3) is 1.00. The van der Waals surface area contributed by atoms with Crippen molar-refractivity contribution in [1.82, 2.24) is 10.2 Å². The molecule has 11 heavy (non-hydrogen) atoms. The number of piperazine rings is 1. The van der Waals surface area contributed by atoms with Crippen LogP contribution in [0.25, 0.3) is 0 Å². The van der Waals surface area contributed by atoms with Crippen molar-refractivity contribution >= 4 is 0 Å². The normalized spacial score (nSPS) is 39.0. The van der Waals surface area contributed by atoms with Gasteiger partial charge in [-0.3, -0.25) is 4.90 Å². The zero-order valence-electron chi connectivity index (χ0n) is 7.34. The van der Waals surface area contributed by atoms with Crippen molar-refractivity contribution in [2.45, 2.75) is 25.8 Å². The Morgan fingerprint density at radius 2 is 2.45 bits per heavy atom. The lowest BCUT2D eigenvalue weighted by Crippen LogP contribution is -2.47. The molecular formula is C9H18N2. The van der Waals surface area contributed by atoms with Gasteiger partial charge in [0.25, 0.3) is 0 Å². The largest absolute Gasteiger partial charge is 0.314 e. The van der Waals surface area contributed by atoms with Crippen LogP contribution >= 0.6 is 0 Å². The first-order valence-corrected chi connectivity index (χ1v) is 4.85. The van der Waals surface area contributed by atoms with Gasteiger partial charge >= 0.3 is 0 Å². The van der Waals surface area contributed by atoms with Gasteiger partial charge in [0.2, 0.25) is 0 Å². The van der Waals surface area contributed by atoms with E-state index in [9.17, 15) is 0 Å². The maximum Gasteiger partial charge on any atom is 0.0224 e. The Morgan fingerprint density at radius 1 is 1.55 bits per heavy atom. The second-order valence-electron chi connectivity index (χ2n) is 3.86. The van der Waals surface area contributed by atoms with Crippen LogP contribution in [0.1, 0.15) is 19.8 Å².